The fraction of sp³-hybridized carbons (Fsp3) is 0.550. The summed E-state index contributed by atoms with van der Waals surface area (Å²) in [5.74, 6) is 0.379. The van der Waals surface area contributed by atoms with E-state index in [-0.39, 0.29) is 0 Å². The summed E-state index contributed by atoms with van der Waals surface area (Å²) in [5.41, 5.74) is 3.18. The molecule has 2 aliphatic rings. The van der Waals surface area contributed by atoms with Crippen LogP contribution in [0.1, 0.15) is 43.7 Å². The highest BCUT2D eigenvalue weighted by Crippen LogP contribution is 2.29. The monoisotopic (exact) mass is 328 g/mol. The molecule has 0 spiro atoms. The number of likely N-dealkylation sites (N-methyl/N-ethyl adjacent to an activating group) is 1. The molecule has 1 saturated heterocycles. The number of benzene rings is 1. The van der Waals surface area contributed by atoms with Crippen molar-refractivity contribution >= 4 is 11.8 Å². The fourth-order valence-electron chi connectivity index (χ4n) is 3.89. The summed E-state index contributed by atoms with van der Waals surface area (Å²) in [6.45, 7) is 3.86. The smallest absolute Gasteiger partial charge is 0.411 e. The Morgan fingerprint density at radius 2 is 2.17 bits per heavy atom. The summed E-state index contributed by atoms with van der Waals surface area (Å²) in [7, 11) is 2.21. The molecule has 1 N–H and O–H groups in total. The highest BCUT2D eigenvalue weighted by atomic mass is 16.4. The number of likely N-dealkylation sites (tertiary alicyclic amines) is 1. The second kappa shape index (κ2) is 7.39. The molecule has 0 saturated carbocycles. The van der Waals surface area contributed by atoms with Gasteiger partial charge < -0.3 is 10.0 Å². The van der Waals surface area contributed by atoms with Gasteiger partial charge in [-0.05, 0) is 62.4 Å². The molecule has 1 aromatic carbocycles. The second-order valence-corrected chi connectivity index (χ2v) is 7.36. The van der Waals surface area contributed by atoms with Crippen LogP contribution in [0.15, 0.2) is 30.3 Å². The first-order valence-corrected chi connectivity index (χ1v) is 9.05. The normalized spacial score (nSPS) is 25.4. The Hall–Kier alpha value is -1.81. The molecule has 0 bridgehead atoms. The number of hydrogen-bond donors (Lipinski definition) is 1. The lowest BCUT2D eigenvalue weighted by Crippen LogP contribution is -2.37. The van der Waals surface area contributed by atoms with E-state index in [0.717, 1.165) is 24.1 Å². The molecule has 2 atom stereocenters. The summed E-state index contributed by atoms with van der Waals surface area (Å²) >= 11 is 0. The first-order chi connectivity index (χ1) is 11.5. The lowest BCUT2D eigenvalue weighted by Gasteiger charge is -2.33. The minimum atomic E-state index is -0.856. The van der Waals surface area contributed by atoms with E-state index in [9.17, 15) is 9.90 Å². The third kappa shape index (κ3) is 3.81. The highest BCUT2D eigenvalue weighted by molar-refractivity contribution is 5.81. The molecule has 2 aliphatic heterocycles. The maximum absolute atomic E-state index is 11.6. The Labute approximate surface area is 144 Å². The van der Waals surface area contributed by atoms with Crippen molar-refractivity contribution in [1.82, 2.24) is 9.80 Å². The van der Waals surface area contributed by atoms with Gasteiger partial charge in [-0.3, -0.25) is 4.90 Å². The second-order valence-electron chi connectivity index (χ2n) is 7.36. The van der Waals surface area contributed by atoms with Gasteiger partial charge in [0.25, 0.3) is 0 Å². The van der Waals surface area contributed by atoms with Crippen molar-refractivity contribution in [1.29, 1.82) is 0 Å². The molecule has 130 valence electrons. The van der Waals surface area contributed by atoms with Gasteiger partial charge in [-0.2, -0.15) is 0 Å². The summed E-state index contributed by atoms with van der Waals surface area (Å²) in [4.78, 5) is 15.6. The molecule has 1 fully saturated rings. The first kappa shape index (κ1) is 17.0. The van der Waals surface area contributed by atoms with Gasteiger partial charge in [0.2, 0.25) is 0 Å². The number of hydrogen-bond acceptors (Lipinski definition) is 2. The molecule has 1 unspecified atom stereocenters. The number of allylic oxidation sites excluding steroid dienone is 1. The van der Waals surface area contributed by atoms with Gasteiger partial charge in [0.05, 0.1) is 5.70 Å². The van der Waals surface area contributed by atoms with Gasteiger partial charge in [-0.15, -0.1) is 0 Å². The van der Waals surface area contributed by atoms with Crippen LogP contribution in [0.5, 0.6) is 0 Å². The number of carbonyl (C=O) groups is 1. The predicted molar refractivity (Wildman–Crippen MR) is 96.9 cm³/mol. The molecular weight excluding hydrogens is 300 g/mol. The molecule has 2 heterocycles. The Kier molecular flexibility index (Phi) is 5.24. The van der Waals surface area contributed by atoms with Crippen LogP contribution in [0.3, 0.4) is 0 Å². The van der Waals surface area contributed by atoms with Gasteiger partial charge in [-0.25, -0.2) is 4.79 Å². The van der Waals surface area contributed by atoms with Crippen molar-refractivity contribution in [3.8, 4) is 0 Å². The van der Waals surface area contributed by atoms with E-state index in [1.807, 2.05) is 6.07 Å². The van der Waals surface area contributed by atoms with Crippen LogP contribution in [-0.2, 0) is 6.42 Å². The largest absolute Gasteiger partial charge is 0.465 e. The number of piperidine rings is 1. The van der Waals surface area contributed by atoms with E-state index in [4.69, 9.17) is 0 Å². The van der Waals surface area contributed by atoms with Gasteiger partial charge in [0, 0.05) is 12.6 Å². The predicted octanol–water partition coefficient (Wildman–Crippen LogP) is 4.07. The molecule has 0 radical (unpaired) electrons. The molecule has 0 aliphatic carbocycles. The van der Waals surface area contributed by atoms with Gasteiger partial charge in [0.1, 0.15) is 0 Å². The third-order valence-corrected chi connectivity index (χ3v) is 5.35. The van der Waals surface area contributed by atoms with E-state index >= 15 is 0 Å². The van der Waals surface area contributed by atoms with E-state index in [1.165, 1.54) is 36.3 Å². The van der Waals surface area contributed by atoms with Crippen molar-refractivity contribution in [2.45, 2.75) is 45.1 Å². The lowest BCUT2D eigenvalue weighted by atomic mass is 9.93. The molecule has 1 amide bonds. The van der Waals surface area contributed by atoms with Crippen LogP contribution in [0.2, 0.25) is 0 Å². The minimum Gasteiger partial charge on any atom is -0.465 e. The van der Waals surface area contributed by atoms with E-state index < -0.39 is 6.09 Å². The van der Waals surface area contributed by atoms with Crippen LogP contribution in [0, 0.1) is 5.92 Å². The summed E-state index contributed by atoms with van der Waals surface area (Å²) in [6, 6.07) is 9.05. The number of nitrogens with zero attached hydrogens (tertiary/aromatic N) is 2. The van der Waals surface area contributed by atoms with E-state index in [1.54, 1.807) is 0 Å². The average Bonchev–Trinajstić information content (AvgIpc) is 2.57. The molecule has 4 nitrogen and oxygen atoms in total. The summed E-state index contributed by atoms with van der Waals surface area (Å²) < 4.78 is 0. The van der Waals surface area contributed by atoms with Crippen molar-refractivity contribution in [2.75, 3.05) is 20.1 Å². The zero-order chi connectivity index (χ0) is 17.1. The fourth-order valence-corrected chi connectivity index (χ4v) is 3.89. The number of amides is 1. The summed E-state index contributed by atoms with van der Waals surface area (Å²) in [6.07, 6.45) is 7.06. The van der Waals surface area contributed by atoms with E-state index in [0.29, 0.717) is 18.5 Å². The molecule has 3 rings (SSSR count). The Balaban J connectivity index is 1.80. The zero-order valence-corrected chi connectivity index (χ0v) is 14.7. The third-order valence-electron chi connectivity index (χ3n) is 5.35. The van der Waals surface area contributed by atoms with Crippen LogP contribution < -0.4 is 0 Å². The van der Waals surface area contributed by atoms with Crippen LogP contribution >= 0.6 is 0 Å². The maximum atomic E-state index is 11.6. The quantitative estimate of drug-likeness (QED) is 0.909. The summed E-state index contributed by atoms with van der Waals surface area (Å²) in [5, 5.41) is 9.53. The van der Waals surface area contributed by atoms with Crippen molar-refractivity contribution in [3.05, 3.63) is 41.5 Å². The minimum absolute atomic E-state index is 0.379. The molecule has 1 aromatic rings. The highest BCUT2D eigenvalue weighted by Gasteiger charge is 2.25. The van der Waals surface area contributed by atoms with Gasteiger partial charge in [0.15, 0.2) is 0 Å². The van der Waals surface area contributed by atoms with Crippen LogP contribution in [-0.4, -0.2) is 47.2 Å². The number of carboxylic acid groups (broad SMARTS) is 1. The topological polar surface area (TPSA) is 43.8 Å². The Morgan fingerprint density at radius 1 is 1.33 bits per heavy atom. The molecule has 0 aromatic heterocycles. The molecular formula is C20H28N2O2. The maximum Gasteiger partial charge on any atom is 0.411 e. The lowest BCUT2D eigenvalue weighted by molar-refractivity contribution is 0.159. The average molecular weight is 328 g/mol. The van der Waals surface area contributed by atoms with Crippen LogP contribution in [0.4, 0.5) is 4.79 Å². The first-order valence-electron chi connectivity index (χ1n) is 9.05. The van der Waals surface area contributed by atoms with Crippen molar-refractivity contribution in [2.24, 2.45) is 5.92 Å². The van der Waals surface area contributed by atoms with Crippen LogP contribution in [0.25, 0.3) is 5.70 Å². The Morgan fingerprint density at radius 3 is 2.92 bits per heavy atom. The standard InChI is InChI=1S/C20H28N2O2/c1-15-9-10-19(22(14-15)20(23)24)17-7-5-6-16(12-17)13-18-8-3-4-11-21(18)2/h5-7,10,12,15,18H,3-4,8-9,11,13-14H2,1-2H3,(H,23,24)/t15-,18?/m0/s1. The molecule has 24 heavy (non-hydrogen) atoms. The molecule has 4 heteroatoms. The van der Waals surface area contributed by atoms with Gasteiger partial charge in [-0.1, -0.05) is 37.6 Å². The number of rotatable bonds is 3. The van der Waals surface area contributed by atoms with Gasteiger partial charge >= 0.3 is 6.09 Å². The zero-order valence-electron chi connectivity index (χ0n) is 14.7. The SMILES string of the molecule is C[C@H]1CC=C(c2cccc(CC3CCCCN3C)c2)N(C(=O)O)C1. The van der Waals surface area contributed by atoms with Crippen molar-refractivity contribution < 1.29 is 9.90 Å². The van der Waals surface area contributed by atoms with Crippen molar-refractivity contribution in [3.63, 3.8) is 0 Å². The van der Waals surface area contributed by atoms with E-state index in [2.05, 4.69) is 43.1 Å². The Bertz CT molecular complexity index is 626.